The fourth-order valence-corrected chi connectivity index (χ4v) is 2.09. The van der Waals surface area contributed by atoms with Gasteiger partial charge in [0.05, 0.1) is 6.61 Å². The molecule has 0 heterocycles. The van der Waals surface area contributed by atoms with Crippen LogP contribution in [0.1, 0.15) is 36.7 Å². The Morgan fingerprint density at radius 2 is 2.05 bits per heavy atom. The van der Waals surface area contributed by atoms with Gasteiger partial charge in [-0.15, -0.1) is 0 Å². The zero-order valence-electron chi connectivity index (χ0n) is 13.0. The van der Waals surface area contributed by atoms with Gasteiger partial charge in [0.25, 0.3) is 5.91 Å². The molecule has 0 saturated heterocycles. The second-order valence-corrected chi connectivity index (χ2v) is 4.64. The first-order valence-corrected chi connectivity index (χ1v) is 7.35. The average molecular weight is 278 g/mol. The number of carbonyl (C=O) groups is 1. The molecule has 1 rings (SSSR count). The van der Waals surface area contributed by atoms with Crippen molar-refractivity contribution in [2.24, 2.45) is 0 Å². The van der Waals surface area contributed by atoms with Gasteiger partial charge in [0.2, 0.25) is 0 Å². The molecule has 112 valence electrons. The summed E-state index contributed by atoms with van der Waals surface area (Å²) in [6, 6.07) is 5.81. The predicted octanol–water partition coefficient (Wildman–Crippen LogP) is 2.93. The number of anilines is 1. The molecule has 20 heavy (non-hydrogen) atoms. The average Bonchev–Trinajstić information content (AvgIpc) is 2.45. The van der Waals surface area contributed by atoms with Crippen LogP contribution in [0.2, 0.25) is 0 Å². The second kappa shape index (κ2) is 8.59. The maximum atomic E-state index is 12.4. The Morgan fingerprint density at radius 3 is 2.60 bits per heavy atom. The van der Waals surface area contributed by atoms with E-state index in [9.17, 15) is 4.79 Å². The largest absolute Gasteiger partial charge is 0.385 e. The molecule has 1 aromatic rings. The lowest BCUT2D eigenvalue weighted by atomic mass is 10.1. The summed E-state index contributed by atoms with van der Waals surface area (Å²) >= 11 is 0. The Hall–Kier alpha value is -1.55. The Morgan fingerprint density at radius 1 is 1.30 bits per heavy atom. The van der Waals surface area contributed by atoms with Crippen LogP contribution in [-0.2, 0) is 4.74 Å². The summed E-state index contributed by atoms with van der Waals surface area (Å²) in [4.78, 5) is 14.3. The van der Waals surface area contributed by atoms with Gasteiger partial charge in [-0.2, -0.15) is 0 Å². The van der Waals surface area contributed by atoms with Crippen LogP contribution in [-0.4, -0.2) is 43.7 Å². The molecule has 0 bridgehead atoms. The number of rotatable bonds is 8. The topological polar surface area (TPSA) is 41.6 Å². The summed E-state index contributed by atoms with van der Waals surface area (Å²) in [6.45, 7) is 11.5. The van der Waals surface area contributed by atoms with Crippen LogP contribution < -0.4 is 5.32 Å². The summed E-state index contributed by atoms with van der Waals surface area (Å²) in [5, 5.41) is 3.28. The van der Waals surface area contributed by atoms with Crippen molar-refractivity contribution in [1.29, 1.82) is 0 Å². The van der Waals surface area contributed by atoms with Crippen molar-refractivity contribution < 1.29 is 9.53 Å². The van der Waals surface area contributed by atoms with E-state index >= 15 is 0 Å². The molecule has 0 spiro atoms. The molecule has 1 aromatic carbocycles. The van der Waals surface area contributed by atoms with E-state index in [0.717, 1.165) is 23.4 Å². The van der Waals surface area contributed by atoms with Gasteiger partial charge in [-0.25, -0.2) is 0 Å². The Kier molecular flexibility index (Phi) is 7.09. The predicted molar refractivity (Wildman–Crippen MR) is 83.4 cm³/mol. The highest BCUT2D eigenvalue weighted by atomic mass is 16.5. The fraction of sp³-hybridized carbons (Fsp3) is 0.562. The molecule has 0 aromatic heterocycles. The summed E-state index contributed by atoms with van der Waals surface area (Å²) in [7, 11) is 0. The smallest absolute Gasteiger partial charge is 0.253 e. The molecule has 0 atom stereocenters. The highest BCUT2D eigenvalue weighted by Gasteiger charge is 2.14. The molecule has 0 fully saturated rings. The third-order valence-electron chi connectivity index (χ3n) is 3.22. The molecule has 0 saturated carbocycles. The number of amides is 1. The molecular formula is C16H26N2O2. The van der Waals surface area contributed by atoms with Crippen molar-refractivity contribution in [2.45, 2.75) is 27.7 Å². The number of hydrogen-bond donors (Lipinski definition) is 1. The van der Waals surface area contributed by atoms with Gasteiger partial charge in [-0.3, -0.25) is 4.79 Å². The molecule has 0 aliphatic carbocycles. The summed E-state index contributed by atoms with van der Waals surface area (Å²) in [5.74, 6) is 0.0679. The van der Waals surface area contributed by atoms with Crippen molar-refractivity contribution in [3.63, 3.8) is 0 Å². The lowest BCUT2D eigenvalue weighted by Crippen LogP contribution is -2.33. The third kappa shape index (κ3) is 4.53. The monoisotopic (exact) mass is 278 g/mol. The van der Waals surface area contributed by atoms with E-state index in [2.05, 4.69) is 12.2 Å². The molecule has 0 aliphatic heterocycles. The molecular weight excluding hydrogens is 252 g/mol. The number of nitrogens with zero attached hydrogens (tertiary/aromatic N) is 1. The van der Waals surface area contributed by atoms with Crippen molar-refractivity contribution in [3.8, 4) is 0 Å². The number of benzene rings is 1. The third-order valence-corrected chi connectivity index (χ3v) is 3.22. The minimum absolute atomic E-state index is 0.0679. The van der Waals surface area contributed by atoms with E-state index in [1.54, 1.807) is 0 Å². The number of likely N-dealkylation sites (N-methyl/N-ethyl adjacent to an activating group) is 1. The van der Waals surface area contributed by atoms with Crippen LogP contribution in [0.25, 0.3) is 0 Å². The Labute approximate surface area is 122 Å². The number of nitrogens with one attached hydrogen (secondary N) is 1. The molecule has 1 N–H and O–H groups in total. The van der Waals surface area contributed by atoms with Gasteiger partial charge in [-0.1, -0.05) is 0 Å². The van der Waals surface area contributed by atoms with Crippen LogP contribution in [0, 0.1) is 6.92 Å². The maximum Gasteiger partial charge on any atom is 0.253 e. The number of ether oxygens (including phenoxy) is 1. The van der Waals surface area contributed by atoms with E-state index in [-0.39, 0.29) is 5.91 Å². The van der Waals surface area contributed by atoms with Gasteiger partial charge >= 0.3 is 0 Å². The van der Waals surface area contributed by atoms with Crippen LogP contribution in [0.5, 0.6) is 0 Å². The minimum atomic E-state index is 0.0679. The summed E-state index contributed by atoms with van der Waals surface area (Å²) in [5.41, 5.74) is 2.92. The Bertz CT molecular complexity index is 432. The molecule has 0 aliphatic rings. The molecule has 0 unspecified atom stereocenters. The SMILES string of the molecule is CCNc1ccc(C(=O)N(CC)CCOCC)cc1C. The van der Waals surface area contributed by atoms with E-state index in [0.29, 0.717) is 26.3 Å². The molecule has 4 heteroatoms. The number of hydrogen-bond acceptors (Lipinski definition) is 3. The van der Waals surface area contributed by atoms with E-state index in [1.165, 1.54) is 0 Å². The quantitative estimate of drug-likeness (QED) is 0.743. The van der Waals surface area contributed by atoms with Crippen molar-refractivity contribution in [1.82, 2.24) is 4.90 Å². The van der Waals surface area contributed by atoms with Crippen molar-refractivity contribution >= 4 is 11.6 Å². The van der Waals surface area contributed by atoms with E-state index in [4.69, 9.17) is 4.74 Å². The maximum absolute atomic E-state index is 12.4. The first-order chi connectivity index (χ1) is 9.63. The summed E-state index contributed by atoms with van der Waals surface area (Å²) < 4.78 is 5.32. The lowest BCUT2D eigenvalue weighted by Gasteiger charge is -2.21. The number of aryl methyl sites for hydroxylation is 1. The molecule has 1 amide bonds. The highest BCUT2D eigenvalue weighted by Crippen LogP contribution is 2.17. The van der Waals surface area contributed by atoms with Gasteiger partial charge in [0, 0.05) is 37.5 Å². The standard InChI is InChI=1S/C16H26N2O2/c1-5-17-15-9-8-14(12-13(15)4)16(19)18(6-2)10-11-20-7-3/h8-9,12,17H,5-7,10-11H2,1-4H3. The van der Waals surface area contributed by atoms with Gasteiger partial charge in [0.1, 0.15) is 0 Å². The second-order valence-electron chi connectivity index (χ2n) is 4.64. The fourth-order valence-electron chi connectivity index (χ4n) is 2.09. The molecule has 0 radical (unpaired) electrons. The lowest BCUT2D eigenvalue weighted by molar-refractivity contribution is 0.0669. The van der Waals surface area contributed by atoms with Crippen LogP contribution in [0.15, 0.2) is 18.2 Å². The van der Waals surface area contributed by atoms with E-state index < -0.39 is 0 Å². The van der Waals surface area contributed by atoms with Gasteiger partial charge < -0.3 is 15.0 Å². The first-order valence-electron chi connectivity index (χ1n) is 7.35. The zero-order valence-corrected chi connectivity index (χ0v) is 13.0. The zero-order chi connectivity index (χ0) is 15.0. The first kappa shape index (κ1) is 16.5. The number of carbonyl (C=O) groups excluding carboxylic acids is 1. The van der Waals surface area contributed by atoms with Crippen LogP contribution in [0.3, 0.4) is 0 Å². The van der Waals surface area contributed by atoms with E-state index in [1.807, 2.05) is 43.9 Å². The van der Waals surface area contributed by atoms with Gasteiger partial charge in [0.15, 0.2) is 0 Å². The molecule has 4 nitrogen and oxygen atoms in total. The minimum Gasteiger partial charge on any atom is -0.385 e. The Balaban J connectivity index is 2.76. The van der Waals surface area contributed by atoms with Crippen molar-refractivity contribution in [3.05, 3.63) is 29.3 Å². The van der Waals surface area contributed by atoms with Crippen LogP contribution >= 0.6 is 0 Å². The summed E-state index contributed by atoms with van der Waals surface area (Å²) in [6.07, 6.45) is 0. The van der Waals surface area contributed by atoms with Crippen LogP contribution in [0.4, 0.5) is 5.69 Å². The highest BCUT2D eigenvalue weighted by molar-refractivity contribution is 5.95. The van der Waals surface area contributed by atoms with Gasteiger partial charge in [-0.05, 0) is 51.5 Å². The normalized spacial score (nSPS) is 10.4. The van der Waals surface area contributed by atoms with Crippen molar-refractivity contribution in [2.75, 3.05) is 38.2 Å².